The lowest BCUT2D eigenvalue weighted by atomic mass is 10.0. The number of carbonyl (C=O) groups is 2. The van der Waals surface area contributed by atoms with E-state index in [1.54, 1.807) is 12.3 Å². The fourth-order valence-corrected chi connectivity index (χ4v) is 3.80. The van der Waals surface area contributed by atoms with Crippen LogP contribution in [0, 0.1) is 12.8 Å². The highest BCUT2D eigenvalue weighted by Crippen LogP contribution is 2.21. The molecule has 1 aliphatic rings. The van der Waals surface area contributed by atoms with Crippen LogP contribution in [0.5, 0.6) is 0 Å². The monoisotopic (exact) mass is 408 g/mol. The van der Waals surface area contributed by atoms with Crippen LogP contribution in [0.3, 0.4) is 0 Å². The Bertz CT molecular complexity index is 875. The van der Waals surface area contributed by atoms with E-state index in [1.165, 1.54) is 19.3 Å². The SMILES string of the molecule is Cc1cccc(C(=O)NC(C(=O)NCc2cccnc2N2CCCCC2)C(C)C)c1. The summed E-state index contributed by atoms with van der Waals surface area (Å²) < 4.78 is 0. The third kappa shape index (κ3) is 5.59. The van der Waals surface area contributed by atoms with Gasteiger partial charge in [0.2, 0.25) is 5.91 Å². The van der Waals surface area contributed by atoms with Gasteiger partial charge in [0.05, 0.1) is 0 Å². The molecule has 0 bridgehead atoms. The first kappa shape index (κ1) is 21.8. The molecular weight excluding hydrogens is 376 g/mol. The van der Waals surface area contributed by atoms with Crippen molar-refractivity contribution in [2.24, 2.45) is 5.92 Å². The summed E-state index contributed by atoms with van der Waals surface area (Å²) in [5.41, 5.74) is 2.57. The van der Waals surface area contributed by atoms with Gasteiger partial charge in [-0.1, -0.05) is 37.6 Å². The summed E-state index contributed by atoms with van der Waals surface area (Å²) in [4.78, 5) is 32.4. The number of aryl methyl sites for hydroxylation is 1. The molecule has 2 aromatic rings. The third-order valence-electron chi connectivity index (χ3n) is 5.49. The van der Waals surface area contributed by atoms with E-state index in [0.29, 0.717) is 12.1 Å². The predicted octanol–water partition coefficient (Wildman–Crippen LogP) is 3.45. The van der Waals surface area contributed by atoms with Gasteiger partial charge in [0.15, 0.2) is 0 Å². The number of hydrogen-bond acceptors (Lipinski definition) is 4. The highest BCUT2D eigenvalue weighted by atomic mass is 16.2. The van der Waals surface area contributed by atoms with Crippen LogP contribution < -0.4 is 15.5 Å². The van der Waals surface area contributed by atoms with Crippen molar-refractivity contribution in [3.63, 3.8) is 0 Å². The number of piperidine rings is 1. The van der Waals surface area contributed by atoms with E-state index in [9.17, 15) is 9.59 Å². The van der Waals surface area contributed by atoms with Crippen molar-refractivity contribution in [3.8, 4) is 0 Å². The number of aromatic nitrogens is 1. The molecule has 2 amide bonds. The largest absolute Gasteiger partial charge is 0.356 e. The number of carbonyl (C=O) groups excluding carboxylic acids is 2. The van der Waals surface area contributed by atoms with Crippen LogP contribution in [0.25, 0.3) is 0 Å². The van der Waals surface area contributed by atoms with Crippen molar-refractivity contribution < 1.29 is 9.59 Å². The number of pyridine rings is 1. The normalized spacial score (nSPS) is 15.0. The molecule has 1 saturated heterocycles. The lowest BCUT2D eigenvalue weighted by molar-refractivity contribution is -0.124. The zero-order valence-corrected chi connectivity index (χ0v) is 18.1. The zero-order chi connectivity index (χ0) is 21.5. The summed E-state index contributed by atoms with van der Waals surface area (Å²) >= 11 is 0. The van der Waals surface area contributed by atoms with E-state index in [1.807, 2.05) is 51.1 Å². The van der Waals surface area contributed by atoms with Gasteiger partial charge in [-0.05, 0) is 50.3 Å². The number of amides is 2. The number of nitrogens with one attached hydrogen (secondary N) is 2. The quantitative estimate of drug-likeness (QED) is 0.736. The molecule has 1 aliphatic heterocycles. The second-order valence-electron chi connectivity index (χ2n) is 8.32. The second-order valence-corrected chi connectivity index (χ2v) is 8.32. The van der Waals surface area contributed by atoms with Gasteiger partial charge in [-0.25, -0.2) is 4.98 Å². The first-order chi connectivity index (χ1) is 14.5. The van der Waals surface area contributed by atoms with Crippen LogP contribution >= 0.6 is 0 Å². The molecule has 0 spiro atoms. The summed E-state index contributed by atoms with van der Waals surface area (Å²) in [6.45, 7) is 8.20. The Labute approximate surface area is 179 Å². The molecule has 0 radical (unpaired) electrons. The van der Waals surface area contributed by atoms with Gasteiger partial charge >= 0.3 is 0 Å². The van der Waals surface area contributed by atoms with E-state index in [2.05, 4.69) is 20.5 Å². The molecule has 3 rings (SSSR count). The summed E-state index contributed by atoms with van der Waals surface area (Å²) in [5.74, 6) is 0.499. The number of nitrogens with zero attached hydrogens (tertiary/aromatic N) is 2. The van der Waals surface area contributed by atoms with Crippen molar-refractivity contribution in [3.05, 3.63) is 59.3 Å². The minimum absolute atomic E-state index is 0.0331. The van der Waals surface area contributed by atoms with Crippen molar-refractivity contribution in [1.29, 1.82) is 0 Å². The van der Waals surface area contributed by atoms with Gasteiger partial charge in [0.25, 0.3) is 5.91 Å². The van der Waals surface area contributed by atoms with Crippen LogP contribution in [0.4, 0.5) is 5.82 Å². The molecule has 1 unspecified atom stereocenters. The maximum absolute atomic E-state index is 12.9. The van der Waals surface area contributed by atoms with Gasteiger partial charge in [-0.2, -0.15) is 0 Å². The van der Waals surface area contributed by atoms with Crippen LogP contribution in [-0.2, 0) is 11.3 Å². The Kier molecular flexibility index (Phi) is 7.44. The standard InChI is InChI=1S/C24H32N4O2/c1-17(2)21(27-23(29)19-10-7-9-18(3)15-19)24(30)26-16-20-11-8-12-25-22(20)28-13-5-4-6-14-28/h7-12,15,17,21H,4-6,13-14,16H2,1-3H3,(H,26,30)(H,27,29). The van der Waals surface area contributed by atoms with Gasteiger partial charge in [0.1, 0.15) is 11.9 Å². The summed E-state index contributed by atoms with van der Waals surface area (Å²) in [6.07, 6.45) is 5.39. The number of benzene rings is 1. The average Bonchev–Trinajstić information content (AvgIpc) is 2.76. The molecule has 2 heterocycles. The lowest BCUT2D eigenvalue weighted by Crippen LogP contribution is -2.49. The first-order valence-electron chi connectivity index (χ1n) is 10.8. The Hall–Kier alpha value is -2.89. The highest BCUT2D eigenvalue weighted by molar-refractivity contribution is 5.97. The number of hydrogen-bond donors (Lipinski definition) is 2. The van der Waals surface area contributed by atoms with Crippen LogP contribution in [0.15, 0.2) is 42.6 Å². The van der Waals surface area contributed by atoms with E-state index in [4.69, 9.17) is 0 Å². The fourth-order valence-electron chi connectivity index (χ4n) is 3.80. The van der Waals surface area contributed by atoms with Crippen molar-refractivity contribution in [1.82, 2.24) is 15.6 Å². The van der Waals surface area contributed by atoms with Crippen molar-refractivity contribution >= 4 is 17.6 Å². The Morgan fingerprint density at radius 2 is 1.87 bits per heavy atom. The van der Waals surface area contributed by atoms with E-state index < -0.39 is 6.04 Å². The molecular formula is C24H32N4O2. The van der Waals surface area contributed by atoms with Gasteiger partial charge in [-0.15, -0.1) is 0 Å². The molecule has 1 atom stereocenters. The van der Waals surface area contributed by atoms with Gasteiger partial charge in [0, 0.05) is 37.0 Å². The first-order valence-corrected chi connectivity index (χ1v) is 10.8. The second kappa shape index (κ2) is 10.2. The van der Waals surface area contributed by atoms with Gasteiger partial charge < -0.3 is 15.5 Å². The minimum Gasteiger partial charge on any atom is -0.356 e. The summed E-state index contributed by atoms with van der Waals surface area (Å²) in [7, 11) is 0. The van der Waals surface area contributed by atoms with Gasteiger partial charge in [-0.3, -0.25) is 9.59 Å². The summed E-state index contributed by atoms with van der Waals surface area (Å²) in [6, 6.07) is 10.7. The maximum Gasteiger partial charge on any atom is 0.251 e. The smallest absolute Gasteiger partial charge is 0.251 e. The van der Waals surface area contributed by atoms with Crippen molar-refractivity contribution in [2.45, 2.75) is 52.6 Å². The van der Waals surface area contributed by atoms with E-state index in [-0.39, 0.29) is 17.7 Å². The van der Waals surface area contributed by atoms with Crippen molar-refractivity contribution in [2.75, 3.05) is 18.0 Å². The molecule has 0 saturated carbocycles. The molecule has 2 N–H and O–H groups in total. The molecule has 1 fully saturated rings. The Morgan fingerprint density at radius 1 is 1.10 bits per heavy atom. The molecule has 6 nitrogen and oxygen atoms in total. The Balaban J connectivity index is 1.65. The predicted molar refractivity (Wildman–Crippen MR) is 119 cm³/mol. The van der Waals surface area contributed by atoms with Crippen LogP contribution in [0.1, 0.15) is 54.6 Å². The van der Waals surface area contributed by atoms with Crippen LogP contribution in [0.2, 0.25) is 0 Å². The minimum atomic E-state index is -0.604. The fraction of sp³-hybridized carbons (Fsp3) is 0.458. The molecule has 6 heteroatoms. The molecule has 160 valence electrons. The summed E-state index contributed by atoms with van der Waals surface area (Å²) in [5, 5.41) is 5.90. The molecule has 30 heavy (non-hydrogen) atoms. The molecule has 1 aromatic heterocycles. The topological polar surface area (TPSA) is 74.3 Å². The Morgan fingerprint density at radius 3 is 2.57 bits per heavy atom. The van der Waals surface area contributed by atoms with E-state index in [0.717, 1.165) is 30.0 Å². The zero-order valence-electron chi connectivity index (χ0n) is 18.1. The highest BCUT2D eigenvalue weighted by Gasteiger charge is 2.25. The maximum atomic E-state index is 12.9. The average molecular weight is 409 g/mol. The number of anilines is 1. The molecule has 0 aliphatic carbocycles. The lowest BCUT2D eigenvalue weighted by Gasteiger charge is -2.29. The third-order valence-corrected chi connectivity index (χ3v) is 5.49. The van der Waals surface area contributed by atoms with Crippen LogP contribution in [-0.4, -0.2) is 35.9 Å². The number of rotatable bonds is 7. The molecule has 1 aromatic carbocycles. The van der Waals surface area contributed by atoms with E-state index >= 15 is 0 Å².